The second-order valence-electron chi connectivity index (χ2n) is 3.42. The van der Waals surface area contributed by atoms with Crippen LogP contribution < -0.4 is 10.6 Å². The van der Waals surface area contributed by atoms with Crippen LogP contribution in [0, 0.1) is 0 Å². The molecule has 0 heterocycles. The molecule has 2 atom stereocenters. The van der Waals surface area contributed by atoms with Crippen LogP contribution in [0.15, 0.2) is 0 Å². The summed E-state index contributed by atoms with van der Waals surface area (Å²) in [5, 5.41) is 13.3. The Balaban J connectivity index is 3.51. The largest absolute Gasteiger partial charge is 0.481 e. The number of carboxylic acid groups (broad SMARTS) is 1. The average Bonchev–Trinajstić information content (AvgIpc) is 2.16. The number of amides is 2. The van der Waals surface area contributed by atoms with E-state index in [2.05, 4.69) is 10.6 Å². The van der Waals surface area contributed by atoms with Gasteiger partial charge in [-0.05, 0) is 6.42 Å². The maximum atomic E-state index is 11.1. The maximum Gasteiger partial charge on any atom is 0.314 e. The molecule has 0 aliphatic carbocycles. The van der Waals surface area contributed by atoms with Gasteiger partial charge >= 0.3 is 12.0 Å². The van der Waals surface area contributed by atoms with Crippen LogP contribution >= 0.6 is 0 Å². The van der Waals surface area contributed by atoms with Gasteiger partial charge in [-0.1, -0.05) is 6.92 Å². The molecule has 3 N–H and O–H groups in total. The highest BCUT2D eigenvalue weighted by Gasteiger charge is 2.06. The molecule has 2 amide bonds. The number of urea groups is 1. The zero-order chi connectivity index (χ0) is 12.6. The Hall–Kier alpha value is -1.11. The molecule has 0 saturated carbocycles. The van der Waals surface area contributed by atoms with E-state index in [0.717, 1.165) is 0 Å². The van der Waals surface area contributed by atoms with Gasteiger partial charge in [0.05, 0.1) is 6.42 Å². The Kier molecular flexibility index (Phi) is 7.53. The standard InChI is InChI=1S/C9H18N2O4S/c1-7(16(2)15)3-5-10-9(14)11-6-4-8(12)13/h7H,3-6H2,1-2H3,(H,12,13)(H2,10,11,14). The number of hydrogen-bond donors (Lipinski definition) is 3. The van der Waals surface area contributed by atoms with E-state index in [-0.39, 0.29) is 18.2 Å². The van der Waals surface area contributed by atoms with Crippen molar-refractivity contribution in [3.05, 3.63) is 0 Å². The highest BCUT2D eigenvalue weighted by Crippen LogP contribution is 1.96. The Morgan fingerprint density at radius 2 is 1.88 bits per heavy atom. The summed E-state index contributed by atoms with van der Waals surface area (Å²) in [5.41, 5.74) is 0. The third-order valence-corrected chi connectivity index (χ3v) is 3.40. The third-order valence-electron chi connectivity index (χ3n) is 2.03. The molecule has 0 spiro atoms. The van der Waals surface area contributed by atoms with Crippen LogP contribution in [-0.4, -0.2) is 45.9 Å². The maximum absolute atomic E-state index is 11.1. The van der Waals surface area contributed by atoms with E-state index >= 15 is 0 Å². The van der Waals surface area contributed by atoms with Crippen LogP contribution in [0.1, 0.15) is 19.8 Å². The van der Waals surface area contributed by atoms with Crippen molar-refractivity contribution in [2.75, 3.05) is 19.3 Å². The van der Waals surface area contributed by atoms with Crippen molar-refractivity contribution in [1.29, 1.82) is 0 Å². The molecule has 16 heavy (non-hydrogen) atoms. The van der Waals surface area contributed by atoms with E-state index < -0.39 is 22.8 Å². The Bertz CT molecular complexity index is 270. The van der Waals surface area contributed by atoms with E-state index in [9.17, 15) is 13.8 Å². The van der Waals surface area contributed by atoms with Crippen molar-refractivity contribution in [2.24, 2.45) is 0 Å². The number of carbonyl (C=O) groups excluding carboxylic acids is 1. The van der Waals surface area contributed by atoms with E-state index in [1.165, 1.54) is 0 Å². The minimum Gasteiger partial charge on any atom is -0.481 e. The molecular formula is C9H18N2O4S. The lowest BCUT2D eigenvalue weighted by Gasteiger charge is -2.09. The molecule has 6 nitrogen and oxygen atoms in total. The quantitative estimate of drug-likeness (QED) is 0.589. The third kappa shape index (κ3) is 8.22. The van der Waals surface area contributed by atoms with E-state index in [1.54, 1.807) is 6.26 Å². The molecule has 0 aliphatic heterocycles. The first kappa shape index (κ1) is 14.9. The summed E-state index contributed by atoms with van der Waals surface area (Å²) in [4.78, 5) is 21.2. The highest BCUT2D eigenvalue weighted by atomic mass is 32.2. The minimum atomic E-state index is -0.949. The van der Waals surface area contributed by atoms with Crippen LogP contribution in [0.5, 0.6) is 0 Å². The highest BCUT2D eigenvalue weighted by molar-refractivity contribution is 7.84. The zero-order valence-electron chi connectivity index (χ0n) is 9.49. The molecule has 0 aromatic rings. The van der Waals surface area contributed by atoms with Gasteiger partial charge in [0.2, 0.25) is 0 Å². The summed E-state index contributed by atoms with van der Waals surface area (Å²) in [5.74, 6) is -0.949. The van der Waals surface area contributed by atoms with Gasteiger partial charge in [0, 0.05) is 35.4 Å². The molecule has 0 saturated heterocycles. The van der Waals surface area contributed by atoms with Gasteiger partial charge in [0.1, 0.15) is 0 Å². The fraction of sp³-hybridized carbons (Fsp3) is 0.778. The minimum absolute atomic E-state index is 0.0410. The summed E-state index contributed by atoms with van der Waals surface area (Å²) < 4.78 is 11.0. The molecule has 94 valence electrons. The molecule has 0 fully saturated rings. The fourth-order valence-electron chi connectivity index (χ4n) is 0.900. The zero-order valence-corrected chi connectivity index (χ0v) is 10.3. The Labute approximate surface area is 97.3 Å². The van der Waals surface area contributed by atoms with Crippen molar-refractivity contribution >= 4 is 22.8 Å². The number of rotatable bonds is 7. The average molecular weight is 250 g/mol. The molecule has 7 heteroatoms. The van der Waals surface area contributed by atoms with Crippen molar-refractivity contribution in [1.82, 2.24) is 10.6 Å². The van der Waals surface area contributed by atoms with Gasteiger partial charge < -0.3 is 15.7 Å². The summed E-state index contributed by atoms with van der Waals surface area (Å²) >= 11 is 0. The van der Waals surface area contributed by atoms with E-state index in [4.69, 9.17) is 5.11 Å². The second-order valence-corrected chi connectivity index (χ2v) is 5.23. The first-order chi connectivity index (χ1) is 7.43. The molecule has 0 aliphatic rings. The van der Waals surface area contributed by atoms with Gasteiger partial charge in [0.15, 0.2) is 0 Å². The second kappa shape index (κ2) is 8.09. The Morgan fingerprint density at radius 1 is 1.31 bits per heavy atom. The van der Waals surface area contributed by atoms with Crippen LogP contribution in [0.3, 0.4) is 0 Å². The van der Waals surface area contributed by atoms with Crippen molar-refractivity contribution in [3.8, 4) is 0 Å². The van der Waals surface area contributed by atoms with Crippen LogP contribution in [0.4, 0.5) is 4.79 Å². The molecular weight excluding hydrogens is 232 g/mol. The van der Waals surface area contributed by atoms with E-state index in [1.807, 2.05) is 6.92 Å². The lowest BCUT2D eigenvalue weighted by molar-refractivity contribution is -0.136. The van der Waals surface area contributed by atoms with Crippen molar-refractivity contribution in [2.45, 2.75) is 25.0 Å². The van der Waals surface area contributed by atoms with Crippen LogP contribution in [-0.2, 0) is 15.6 Å². The lowest BCUT2D eigenvalue weighted by atomic mass is 10.3. The van der Waals surface area contributed by atoms with Crippen LogP contribution in [0.25, 0.3) is 0 Å². The molecule has 2 unspecified atom stereocenters. The predicted octanol–water partition coefficient (Wildman–Crippen LogP) is -0.0826. The molecule has 0 bridgehead atoms. The van der Waals surface area contributed by atoms with Gasteiger partial charge in [-0.3, -0.25) is 9.00 Å². The summed E-state index contributed by atoms with van der Waals surface area (Å²) in [6, 6.07) is -0.393. The summed E-state index contributed by atoms with van der Waals surface area (Å²) in [7, 11) is -0.886. The lowest BCUT2D eigenvalue weighted by Crippen LogP contribution is -2.38. The van der Waals surface area contributed by atoms with Crippen molar-refractivity contribution < 1.29 is 18.9 Å². The van der Waals surface area contributed by atoms with E-state index in [0.29, 0.717) is 13.0 Å². The number of nitrogens with one attached hydrogen (secondary N) is 2. The van der Waals surface area contributed by atoms with Gasteiger partial charge in [-0.25, -0.2) is 4.79 Å². The monoisotopic (exact) mass is 250 g/mol. The smallest absolute Gasteiger partial charge is 0.314 e. The molecule has 0 aromatic carbocycles. The normalized spacial score (nSPS) is 13.9. The van der Waals surface area contributed by atoms with Gasteiger partial charge in [-0.15, -0.1) is 0 Å². The predicted molar refractivity (Wildman–Crippen MR) is 61.8 cm³/mol. The number of hydrogen-bond acceptors (Lipinski definition) is 3. The number of carboxylic acids is 1. The first-order valence-corrected chi connectivity index (χ1v) is 6.61. The topological polar surface area (TPSA) is 95.5 Å². The first-order valence-electron chi connectivity index (χ1n) is 4.99. The molecule has 0 aromatic heterocycles. The summed E-state index contributed by atoms with van der Waals surface area (Å²) in [6.07, 6.45) is 2.16. The van der Waals surface area contributed by atoms with Crippen molar-refractivity contribution in [3.63, 3.8) is 0 Å². The molecule has 0 rings (SSSR count). The van der Waals surface area contributed by atoms with Gasteiger partial charge in [-0.2, -0.15) is 0 Å². The molecule has 0 radical (unpaired) electrons. The number of aliphatic carboxylic acids is 1. The number of carbonyl (C=O) groups is 2. The summed E-state index contributed by atoms with van der Waals surface area (Å²) in [6.45, 7) is 2.39. The SMILES string of the molecule is CC(CCNC(=O)NCCC(=O)O)S(C)=O. The fourth-order valence-corrected chi connectivity index (χ4v) is 1.35. The van der Waals surface area contributed by atoms with Crippen LogP contribution in [0.2, 0.25) is 0 Å². The Morgan fingerprint density at radius 3 is 2.38 bits per heavy atom. The van der Waals surface area contributed by atoms with Gasteiger partial charge in [0.25, 0.3) is 0 Å².